The van der Waals surface area contributed by atoms with E-state index >= 15 is 0 Å². The average Bonchev–Trinajstić information content (AvgIpc) is 3.40. The van der Waals surface area contributed by atoms with Crippen molar-refractivity contribution in [2.45, 2.75) is 57.1 Å². The maximum absolute atomic E-state index is 12.1. The van der Waals surface area contributed by atoms with Gasteiger partial charge in [-0.3, -0.25) is 9.78 Å². The Bertz CT molecular complexity index is 756. The highest BCUT2D eigenvalue weighted by atomic mass is 16.3. The van der Waals surface area contributed by atoms with E-state index in [0.29, 0.717) is 18.7 Å². The van der Waals surface area contributed by atoms with Crippen LogP contribution in [0.2, 0.25) is 0 Å². The van der Waals surface area contributed by atoms with E-state index < -0.39 is 6.10 Å². The number of rotatable bonds is 4. The second-order valence-corrected chi connectivity index (χ2v) is 7.11. The minimum atomic E-state index is -0.491. The van der Waals surface area contributed by atoms with Crippen molar-refractivity contribution in [1.82, 2.24) is 25.1 Å². The Hall–Kier alpha value is -2.28. The maximum Gasteiger partial charge on any atom is 0.223 e. The van der Waals surface area contributed by atoms with Crippen LogP contribution in [0.3, 0.4) is 0 Å². The molecule has 2 aromatic heterocycles. The molecular weight excluding hydrogens is 318 g/mol. The largest absolute Gasteiger partial charge is 0.391 e. The van der Waals surface area contributed by atoms with Gasteiger partial charge in [-0.2, -0.15) is 5.10 Å². The Morgan fingerprint density at radius 3 is 2.88 bits per heavy atom. The summed E-state index contributed by atoms with van der Waals surface area (Å²) in [6.07, 6.45) is 7.09. The van der Waals surface area contributed by atoms with E-state index in [9.17, 15) is 9.90 Å². The van der Waals surface area contributed by atoms with Crippen LogP contribution in [0.4, 0.5) is 0 Å². The number of nitrogens with zero attached hydrogens (tertiary/aromatic N) is 4. The van der Waals surface area contributed by atoms with E-state index in [1.54, 1.807) is 12.4 Å². The van der Waals surface area contributed by atoms with E-state index in [1.165, 1.54) is 0 Å². The first kappa shape index (κ1) is 16.2. The highest BCUT2D eigenvalue weighted by Crippen LogP contribution is 2.34. The van der Waals surface area contributed by atoms with Crippen LogP contribution in [0.5, 0.6) is 0 Å². The number of aliphatic hydroxyl groups excluding tert-OH is 1. The molecule has 2 aliphatic rings. The molecule has 2 heterocycles. The van der Waals surface area contributed by atoms with Gasteiger partial charge in [0.05, 0.1) is 24.0 Å². The fourth-order valence-corrected chi connectivity index (χ4v) is 3.56. The summed E-state index contributed by atoms with van der Waals surface area (Å²) in [7, 11) is 0. The monoisotopic (exact) mass is 341 g/mol. The molecule has 0 saturated heterocycles. The molecule has 7 nitrogen and oxygen atoms in total. The highest BCUT2D eigenvalue weighted by molar-refractivity contribution is 5.81. The Morgan fingerprint density at radius 2 is 2.16 bits per heavy atom. The molecule has 0 unspecified atom stereocenters. The van der Waals surface area contributed by atoms with Crippen molar-refractivity contribution < 1.29 is 9.90 Å². The summed E-state index contributed by atoms with van der Waals surface area (Å²) in [6.45, 7) is 1.88. The van der Waals surface area contributed by atoms with Crippen LogP contribution in [0.15, 0.2) is 24.5 Å². The van der Waals surface area contributed by atoms with Crippen molar-refractivity contribution in [2.24, 2.45) is 5.92 Å². The predicted octanol–water partition coefficient (Wildman–Crippen LogP) is 1.49. The number of carbonyl (C=O) groups excluding carboxylic acids is 1. The summed E-state index contributed by atoms with van der Waals surface area (Å²) in [5.41, 5.74) is 0.878. The molecule has 25 heavy (non-hydrogen) atoms. The molecule has 4 rings (SSSR count). The van der Waals surface area contributed by atoms with Crippen LogP contribution >= 0.6 is 0 Å². The summed E-state index contributed by atoms with van der Waals surface area (Å²) in [6, 6.07) is 3.61. The van der Waals surface area contributed by atoms with Crippen LogP contribution in [0.25, 0.3) is 5.69 Å². The number of pyridine rings is 1. The summed E-state index contributed by atoms with van der Waals surface area (Å²) in [5.74, 6) is 1.96. The third kappa shape index (κ3) is 3.42. The van der Waals surface area contributed by atoms with E-state index in [-0.39, 0.29) is 23.8 Å². The van der Waals surface area contributed by atoms with E-state index in [4.69, 9.17) is 0 Å². The van der Waals surface area contributed by atoms with Gasteiger partial charge >= 0.3 is 0 Å². The number of aryl methyl sites for hydroxylation is 1. The van der Waals surface area contributed by atoms with Crippen LogP contribution in [-0.2, 0) is 4.79 Å². The maximum atomic E-state index is 12.1. The number of nitrogens with one attached hydrogen (secondary N) is 1. The van der Waals surface area contributed by atoms with E-state index in [0.717, 1.165) is 30.8 Å². The molecule has 132 valence electrons. The molecule has 1 amide bonds. The average molecular weight is 341 g/mol. The van der Waals surface area contributed by atoms with Crippen molar-refractivity contribution in [3.8, 4) is 5.69 Å². The Kier molecular flexibility index (Phi) is 4.25. The lowest BCUT2D eigenvalue weighted by Crippen LogP contribution is -2.47. The lowest BCUT2D eigenvalue weighted by molar-refractivity contribution is -0.124. The molecule has 0 aliphatic heterocycles. The lowest BCUT2D eigenvalue weighted by atomic mass is 9.83. The van der Waals surface area contributed by atoms with E-state index in [1.807, 2.05) is 23.7 Å². The number of hydrogen-bond acceptors (Lipinski definition) is 5. The topological polar surface area (TPSA) is 92.9 Å². The van der Waals surface area contributed by atoms with Crippen LogP contribution in [0.1, 0.15) is 49.7 Å². The molecule has 0 radical (unpaired) electrons. The molecule has 2 saturated carbocycles. The van der Waals surface area contributed by atoms with Crippen molar-refractivity contribution in [3.05, 3.63) is 36.2 Å². The lowest BCUT2D eigenvalue weighted by Gasteiger charge is -2.33. The normalized spacial score (nSPS) is 26.4. The minimum absolute atomic E-state index is 0.0783. The van der Waals surface area contributed by atoms with Crippen molar-refractivity contribution in [1.29, 1.82) is 0 Å². The third-order valence-electron chi connectivity index (χ3n) is 5.08. The quantitative estimate of drug-likeness (QED) is 0.879. The first-order chi connectivity index (χ1) is 12.1. The van der Waals surface area contributed by atoms with Gasteiger partial charge < -0.3 is 10.4 Å². The fourth-order valence-electron chi connectivity index (χ4n) is 3.56. The van der Waals surface area contributed by atoms with Gasteiger partial charge in [-0.15, -0.1) is 0 Å². The molecule has 2 N–H and O–H groups in total. The number of hydrogen-bond donors (Lipinski definition) is 2. The van der Waals surface area contributed by atoms with Crippen molar-refractivity contribution >= 4 is 5.91 Å². The molecular formula is C18H23N5O2. The fraction of sp³-hybridized carbons (Fsp3) is 0.556. The van der Waals surface area contributed by atoms with Gasteiger partial charge in [0.15, 0.2) is 0 Å². The molecule has 0 spiro atoms. The highest BCUT2D eigenvalue weighted by Gasteiger charge is 2.37. The Morgan fingerprint density at radius 1 is 1.32 bits per heavy atom. The molecule has 2 aromatic rings. The first-order valence-electron chi connectivity index (χ1n) is 8.94. The summed E-state index contributed by atoms with van der Waals surface area (Å²) < 4.78 is 1.84. The van der Waals surface area contributed by atoms with Gasteiger partial charge in [-0.1, -0.05) is 0 Å². The number of aromatic nitrogens is 4. The summed E-state index contributed by atoms with van der Waals surface area (Å²) in [5, 5.41) is 17.9. The van der Waals surface area contributed by atoms with Crippen LogP contribution in [0, 0.1) is 12.8 Å². The zero-order valence-electron chi connectivity index (χ0n) is 14.3. The second kappa shape index (κ2) is 6.55. The van der Waals surface area contributed by atoms with Crippen LogP contribution in [-0.4, -0.2) is 42.9 Å². The molecule has 2 fully saturated rings. The number of aliphatic hydroxyl groups is 1. The zero-order valence-corrected chi connectivity index (χ0v) is 14.3. The minimum Gasteiger partial charge on any atom is -0.391 e. The Labute approximate surface area is 146 Å². The molecule has 2 aliphatic carbocycles. The molecule has 0 bridgehead atoms. The molecule has 0 aromatic carbocycles. The third-order valence-corrected chi connectivity index (χ3v) is 5.08. The van der Waals surface area contributed by atoms with Gasteiger partial charge in [-0.25, -0.2) is 9.67 Å². The predicted molar refractivity (Wildman–Crippen MR) is 91.1 cm³/mol. The van der Waals surface area contributed by atoms with Crippen molar-refractivity contribution in [3.63, 3.8) is 0 Å². The molecule has 3 atom stereocenters. The van der Waals surface area contributed by atoms with Gasteiger partial charge in [0.25, 0.3) is 0 Å². The summed E-state index contributed by atoms with van der Waals surface area (Å²) >= 11 is 0. The van der Waals surface area contributed by atoms with Gasteiger partial charge in [0.2, 0.25) is 5.91 Å². The number of carbonyl (C=O) groups is 1. The first-order valence-corrected chi connectivity index (χ1v) is 8.94. The standard InChI is InChI=1S/C18H23N5O2/c1-11-20-17(23(22-11)14-3-2-8-19-10-14)13-6-7-16(24)15(9-13)21-18(25)12-4-5-12/h2-3,8,10,12-13,15-16,24H,4-7,9H2,1H3,(H,21,25)/t13-,15+,16+/m0/s1. The van der Waals surface area contributed by atoms with Crippen molar-refractivity contribution in [2.75, 3.05) is 0 Å². The SMILES string of the molecule is Cc1nc([C@H]2CC[C@@H](O)[C@H](NC(=O)C3CC3)C2)n(-c2cccnc2)n1. The zero-order chi connectivity index (χ0) is 17.4. The summed E-state index contributed by atoms with van der Waals surface area (Å²) in [4.78, 5) is 20.9. The van der Waals surface area contributed by atoms with Crippen LogP contribution < -0.4 is 5.32 Å². The molecule has 7 heteroatoms. The van der Waals surface area contributed by atoms with Gasteiger partial charge in [0.1, 0.15) is 11.6 Å². The Balaban J connectivity index is 1.56. The van der Waals surface area contributed by atoms with E-state index in [2.05, 4.69) is 20.4 Å². The number of amides is 1. The van der Waals surface area contributed by atoms with Gasteiger partial charge in [-0.05, 0) is 51.2 Å². The van der Waals surface area contributed by atoms with Gasteiger partial charge in [0, 0.05) is 18.0 Å². The second-order valence-electron chi connectivity index (χ2n) is 7.11. The smallest absolute Gasteiger partial charge is 0.223 e.